The Bertz CT molecular complexity index is 1080. The smallest absolute Gasteiger partial charge is 0.265 e. The number of hydrogen-bond donors (Lipinski definition) is 2. The van der Waals surface area contributed by atoms with Gasteiger partial charge in [-0.3, -0.25) is 9.59 Å². The van der Waals surface area contributed by atoms with Gasteiger partial charge in [0.1, 0.15) is 11.6 Å². The second-order valence-corrected chi connectivity index (χ2v) is 6.88. The van der Waals surface area contributed by atoms with Crippen molar-refractivity contribution < 1.29 is 23.2 Å². The molecule has 2 heterocycles. The number of amides is 2. The quantitative estimate of drug-likeness (QED) is 0.644. The lowest BCUT2D eigenvalue weighted by molar-refractivity contribution is -0.122. The molecule has 2 amide bonds. The maximum atomic E-state index is 13.0. The number of benzene rings is 2. The maximum Gasteiger partial charge on any atom is 0.265 e. The Labute approximate surface area is 171 Å². The molecule has 4 rings (SSSR count). The molecule has 0 spiro atoms. The fourth-order valence-electron chi connectivity index (χ4n) is 2.98. The minimum Gasteiger partial charge on any atom is -0.479 e. The monoisotopic (exact) mass is 410 g/mol. The summed E-state index contributed by atoms with van der Waals surface area (Å²) in [5.41, 5.74) is 1.74. The number of aryl methyl sites for hydroxylation is 1. The van der Waals surface area contributed by atoms with E-state index in [0.717, 1.165) is 0 Å². The van der Waals surface area contributed by atoms with Crippen molar-refractivity contribution in [2.75, 3.05) is 10.6 Å². The highest BCUT2D eigenvalue weighted by Crippen LogP contribution is 2.32. The van der Waals surface area contributed by atoms with E-state index < -0.39 is 6.10 Å². The molecule has 1 atom stereocenters. The van der Waals surface area contributed by atoms with Gasteiger partial charge in [-0.15, -0.1) is 0 Å². The van der Waals surface area contributed by atoms with E-state index in [1.807, 2.05) is 0 Å². The third-order valence-electron chi connectivity index (χ3n) is 4.56. The van der Waals surface area contributed by atoms with Crippen molar-refractivity contribution in [3.63, 3.8) is 0 Å². The molecule has 3 aromatic rings. The van der Waals surface area contributed by atoms with Crippen molar-refractivity contribution in [3.05, 3.63) is 54.2 Å². The molecule has 0 bridgehead atoms. The fourth-order valence-corrected chi connectivity index (χ4v) is 2.98. The van der Waals surface area contributed by atoms with Crippen molar-refractivity contribution in [3.8, 4) is 17.1 Å². The number of hydrogen-bond acceptors (Lipinski definition) is 6. The van der Waals surface area contributed by atoms with Crippen LogP contribution in [0.2, 0.25) is 0 Å². The number of carbonyl (C=O) groups excluding carboxylic acids is 2. The van der Waals surface area contributed by atoms with E-state index in [-0.39, 0.29) is 24.1 Å². The Hall–Kier alpha value is -3.75. The summed E-state index contributed by atoms with van der Waals surface area (Å²) in [7, 11) is 0. The molecular formula is C21H19FN4O4. The highest BCUT2D eigenvalue weighted by atomic mass is 19.1. The Balaban J connectivity index is 1.28. The number of fused-ring (bicyclic) bond motifs is 1. The largest absolute Gasteiger partial charge is 0.479 e. The first-order chi connectivity index (χ1) is 14.5. The van der Waals surface area contributed by atoms with Gasteiger partial charge in [0.25, 0.3) is 5.91 Å². The Kier molecular flexibility index (Phi) is 5.42. The summed E-state index contributed by atoms with van der Waals surface area (Å²) in [4.78, 5) is 28.2. The van der Waals surface area contributed by atoms with Crippen LogP contribution in [0.1, 0.15) is 25.7 Å². The van der Waals surface area contributed by atoms with Crippen LogP contribution in [0.5, 0.6) is 5.75 Å². The van der Waals surface area contributed by atoms with Crippen LogP contribution in [-0.4, -0.2) is 28.1 Å². The summed E-state index contributed by atoms with van der Waals surface area (Å²) in [5, 5.41) is 9.41. The number of ether oxygens (including phenoxy) is 1. The topological polar surface area (TPSA) is 106 Å². The van der Waals surface area contributed by atoms with Crippen LogP contribution in [0.25, 0.3) is 11.4 Å². The SMILES string of the molecule is C[C@H]1Oc2ccc(NC(=O)CCCc3nc(-c4ccc(F)cc4)no3)cc2NC1=O. The zero-order valence-corrected chi connectivity index (χ0v) is 16.1. The van der Waals surface area contributed by atoms with Gasteiger partial charge in [0.2, 0.25) is 17.6 Å². The van der Waals surface area contributed by atoms with E-state index in [4.69, 9.17) is 9.26 Å². The average Bonchev–Trinajstić information content (AvgIpc) is 3.18. The van der Waals surface area contributed by atoms with Crippen LogP contribution < -0.4 is 15.4 Å². The van der Waals surface area contributed by atoms with Crippen molar-refractivity contribution in [2.45, 2.75) is 32.3 Å². The molecule has 1 aromatic heterocycles. The van der Waals surface area contributed by atoms with E-state index in [9.17, 15) is 14.0 Å². The summed E-state index contributed by atoms with van der Waals surface area (Å²) in [5.74, 6) is 0.604. The number of aromatic nitrogens is 2. The van der Waals surface area contributed by atoms with Crippen LogP contribution in [0, 0.1) is 5.82 Å². The number of halogens is 1. The van der Waals surface area contributed by atoms with Gasteiger partial charge in [-0.1, -0.05) is 5.16 Å². The van der Waals surface area contributed by atoms with Gasteiger partial charge in [0.05, 0.1) is 5.69 Å². The van der Waals surface area contributed by atoms with Crippen molar-refractivity contribution in [2.24, 2.45) is 0 Å². The molecule has 0 fully saturated rings. The van der Waals surface area contributed by atoms with E-state index in [2.05, 4.69) is 20.8 Å². The number of nitrogens with one attached hydrogen (secondary N) is 2. The lowest BCUT2D eigenvalue weighted by Gasteiger charge is -2.23. The van der Waals surface area contributed by atoms with Gasteiger partial charge in [0, 0.05) is 24.1 Å². The van der Waals surface area contributed by atoms with Crippen LogP contribution in [-0.2, 0) is 16.0 Å². The molecule has 0 radical (unpaired) electrons. The highest BCUT2D eigenvalue weighted by molar-refractivity contribution is 5.99. The van der Waals surface area contributed by atoms with Crippen LogP contribution in [0.4, 0.5) is 15.8 Å². The number of nitrogens with zero attached hydrogens (tertiary/aromatic N) is 2. The van der Waals surface area contributed by atoms with Gasteiger partial charge in [0.15, 0.2) is 6.10 Å². The predicted molar refractivity (Wildman–Crippen MR) is 106 cm³/mol. The minimum absolute atomic E-state index is 0.176. The Morgan fingerprint density at radius 1 is 1.23 bits per heavy atom. The second kappa shape index (κ2) is 8.32. The summed E-state index contributed by atoms with van der Waals surface area (Å²) in [6, 6.07) is 10.9. The molecule has 2 N–H and O–H groups in total. The predicted octanol–water partition coefficient (Wildman–Crippen LogP) is 3.56. The molecule has 0 saturated heterocycles. The fraction of sp³-hybridized carbons (Fsp3) is 0.238. The number of carbonyl (C=O) groups is 2. The van der Waals surface area contributed by atoms with Crippen molar-refractivity contribution in [1.29, 1.82) is 0 Å². The Morgan fingerprint density at radius 2 is 2.03 bits per heavy atom. The minimum atomic E-state index is -0.550. The zero-order chi connectivity index (χ0) is 21.1. The molecule has 1 aliphatic heterocycles. The lowest BCUT2D eigenvalue weighted by Crippen LogP contribution is -2.34. The normalized spacial score (nSPS) is 15.1. The van der Waals surface area contributed by atoms with Crippen LogP contribution in [0.3, 0.4) is 0 Å². The van der Waals surface area contributed by atoms with E-state index in [0.29, 0.717) is 47.2 Å². The van der Waals surface area contributed by atoms with E-state index in [1.54, 1.807) is 37.3 Å². The molecular weight excluding hydrogens is 391 g/mol. The van der Waals surface area contributed by atoms with Gasteiger partial charge in [-0.25, -0.2) is 4.39 Å². The lowest BCUT2D eigenvalue weighted by atomic mass is 10.2. The van der Waals surface area contributed by atoms with Gasteiger partial charge >= 0.3 is 0 Å². The first-order valence-corrected chi connectivity index (χ1v) is 9.48. The van der Waals surface area contributed by atoms with Crippen LogP contribution >= 0.6 is 0 Å². The summed E-state index contributed by atoms with van der Waals surface area (Å²) >= 11 is 0. The molecule has 0 saturated carbocycles. The van der Waals surface area contributed by atoms with Gasteiger partial charge < -0.3 is 19.9 Å². The summed E-state index contributed by atoms with van der Waals surface area (Å²) < 4.78 is 23.7. The number of anilines is 2. The number of rotatable bonds is 6. The third kappa shape index (κ3) is 4.45. The Morgan fingerprint density at radius 3 is 2.83 bits per heavy atom. The molecule has 30 heavy (non-hydrogen) atoms. The van der Waals surface area contributed by atoms with Crippen molar-refractivity contribution in [1.82, 2.24) is 10.1 Å². The first kappa shape index (κ1) is 19.6. The average molecular weight is 410 g/mol. The molecule has 0 unspecified atom stereocenters. The van der Waals surface area contributed by atoms with Crippen LogP contribution in [0.15, 0.2) is 47.0 Å². The standard InChI is InChI=1S/C21H19FN4O4/c1-12-21(28)24-16-11-15(9-10-17(16)29-12)23-18(27)3-2-4-19-25-20(26-30-19)13-5-7-14(22)8-6-13/h5-12H,2-4H2,1H3,(H,23,27)(H,24,28)/t12-/m1/s1. The molecule has 1 aliphatic rings. The summed E-state index contributed by atoms with van der Waals surface area (Å²) in [6.45, 7) is 1.67. The highest BCUT2D eigenvalue weighted by Gasteiger charge is 2.23. The first-order valence-electron chi connectivity index (χ1n) is 9.48. The van der Waals surface area contributed by atoms with Gasteiger partial charge in [-0.05, 0) is 55.8 Å². The van der Waals surface area contributed by atoms with Crippen molar-refractivity contribution >= 4 is 23.2 Å². The van der Waals surface area contributed by atoms with E-state index in [1.165, 1.54) is 12.1 Å². The summed E-state index contributed by atoms with van der Waals surface area (Å²) in [6.07, 6.45) is 0.657. The zero-order valence-electron chi connectivity index (χ0n) is 16.1. The van der Waals surface area contributed by atoms with Gasteiger partial charge in [-0.2, -0.15) is 4.98 Å². The molecule has 154 valence electrons. The van der Waals surface area contributed by atoms with E-state index >= 15 is 0 Å². The maximum absolute atomic E-state index is 13.0. The third-order valence-corrected chi connectivity index (χ3v) is 4.56. The molecule has 9 heteroatoms. The molecule has 8 nitrogen and oxygen atoms in total. The molecule has 2 aromatic carbocycles. The molecule has 0 aliphatic carbocycles. The second-order valence-electron chi connectivity index (χ2n) is 6.88.